The Morgan fingerprint density at radius 3 is 2.81 bits per heavy atom. The van der Waals surface area contributed by atoms with E-state index >= 15 is 0 Å². The summed E-state index contributed by atoms with van der Waals surface area (Å²) in [6.07, 6.45) is 7.72. The Morgan fingerprint density at radius 1 is 1.19 bits per heavy atom. The van der Waals surface area contributed by atoms with E-state index in [0.29, 0.717) is 6.54 Å². The zero-order valence-electron chi connectivity index (χ0n) is 15.7. The van der Waals surface area contributed by atoms with Gasteiger partial charge in [0.1, 0.15) is 12.4 Å². The van der Waals surface area contributed by atoms with Crippen LogP contribution in [0.4, 0.5) is 0 Å². The van der Waals surface area contributed by atoms with Gasteiger partial charge < -0.3 is 9.47 Å². The van der Waals surface area contributed by atoms with Crippen LogP contribution >= 0.6 is 0 Å². The molecule has 3 aromatic rings. The Morgan fingerprint density at radius 2 is 2.04 bits per heavy atom. The minimum atomic E-state index is 0.132. The monoisotopic (exact) mass is 363 g/mol. The topological polar surface area (TPSA) is 56.0 Å². The zero-order valence-corrected chi connectivity index (χ0v) is 15.7. The molecule has 6 nitrogen and oxygen atoms in total. The van der Waals surface area contributed by atoms with Gasteiger partial charge in [0.2, 0.25) is 5.91 Å². The average Bonchev–Trinajstić information content (AvgIpc) is 3.32. The maximum Gasteiger partial charge on any atom is 0.244 e. The third-order valence-electron chi connectivity index (χ3n) is 5.30. The van der Waals surface area contributed by atoms with Gasteiger partial charge in [0.25, 0.3) is 0 Å². The standard InChI is InChI=1S/C21H25N5O/c1-17-9-10-23-26(17)16-20(27)24-12-5-8-19(15-24)21-22-11-13-25(21)14-18-6-3-2-4-7-18/h2-4,6-7,9-11,13,19H,5,8,12,14-16H2,1H3. The van der Waals surface area contributed by atoms with Crippen molar-refractivity contribution in [1.29, 1.82) is 0 Å². The number of imidazole rings is 1. The summed E-state index contributed by atoms with van der Waals surface area (Å²) in [6, 6.07) is 12.3. The van der Waals surface area contributed by atoms with Crippen LogP contribution in [-0.2, 0) is 17.9 Å². The van der Waals surface area contributed by atoms with Crippen molar-refractivity contribution in [2.45, 2.75) is 38.8 Å². The number of nitrogens with zero attached hydrogens (tertiary/aromatic N) is 5. The third-order valence-corrected chi connectivity index (χ3v) is 5.30. The van der Waals surface area contributed by atoms with Crippen LogP contribution in [0.25, 0.3) is 0 Å². The summed E-state index contributed by atoms with van der Waals surface area (Å²) in [5.41, 5.74) is 2.27. The highest BCUT2D eigenvalue weighted by Crippen LogP contribution is 2.26. The van der Waals surface area contributed by atoms with Gasteiger partial charge in [-0.3, -0.25) is 9.48 Å². The molecule has 2 aromatic heterocycles. The van der Waals surface area contributed by atoms with Crippen LogP contribution in [0, 0.1) is 6.92 Å². The van der Waals surface area contributed by atoms with Gasteiger partial charge in [-0.2, -0.15) is 5.10 Å². The molecular formula is C21H25N5O. The molecule has 1 amide bonds. The Bertz CT molecular complexity index is 898. The lowest BCUT2D eigenvalue weighted by molar-refractivity contribution is -0.133. The van der Waals surface area contributed by atoms with Crippen molar-refractivity contribution in [2.75, 3.05) is 13.1 Å². The lowest BCUT2D eigenvalue weighted by atomic mass is 9.97. The van der Waals surface area contributed by atoms with Crippen molar-refractivity contribution in [1.82, 2.24) is 24.2 Å². The molecule has 1 aliphatic rings. The Hall–Kier alpha value is -2.89. The second-order valence-corrected chi connectivity index (χ2v) is 7.21. The van der Waals surface area contributed by atoms with Gasteiger partial charge in [0, 0.05) is 49.8 Å². The van der Waals surface area contributed by atoms with E-state index in [1.807, 2.05) is 36.4 Å². The van der Waals surface area contributed by atoms with Gasteiger partial charge in [0.15, 0.2) is 0 Å². The molecule has 4 rings (SSSR count). The number of hydrogen-bond acceptors (Lipinski definition) is 3. The summed E-state index contributed by atoms with van der Waals surface area (Å²) in [5, 5.41) is 4.23. The fraction of sp³-hybridized carbons (Fsp3) is 0.381. The number of carbonyl (C=O) groups excluding carboxylic acids is 1. The number of hydrogen-bond donors (Lipinski definition) is 0. The zero-order chi connectivity index (χ0) is 18.6. The molecule has 0 saturated carbocycles. The minimum Gasteiger partial charge on any atom is -0.340 e. The van der Waals surface area contributed by atoms with E-state index in [9.17, 15) is 4.79 Å². The first-order valence-corrected chi connectivity index (χ1v) is 9.52. The van der Waals surface area contributed by atoms with Gasteiger partial charge in [0.05, 0.1) is 0 Å². The lowest BCUT2D eigenvalue weighted by Gasteiger charge is -2.33. The second-order valence-electron chi connectivity index (χ2n) is 7.21. The van der Waals surface area contributed by atoms with Crippen LogP contribution in [0.1, 0.15) is 35.8 Å². The van der Waals surface area contributed by atoms with Gasteiger partial charge in [-0.05, 0) is 31.4 Å². The van der Waals surface area contributed by atoms with E-state index in [-0.39, 0.29) is 11.8 Å². The predicted octanol–water partition coefficient (Wildman–Crippen LogP) is 2.84. The Kier molecular flexibility index (Phi) is 5.05. The molecule has 0 bridgehead atoms. The van der Waals surface area contributed by atoms with Crippen LogP contribution in [0.5, 0.6) is 0 Å². The van der Waals surface area contributed by atoms with E-state index in [4.69, 9.17) is 0 Å². The number of aryl methyl sites for hydroxylation is 1. The molecule has 1 unspecified atom stereocenters. The number of rotatable bonds is 5. The number of likely N-dealkylation sites (tertiary alicyclic amines) is 1. The quantitative estimate of drug-likeness (QED) is 0.700. The van der Waals surface area contributed by atoms with Gasteiger partial charge in [-0.1, -0.05) is 30.3 Å². The SMILES string of the molecule is Cc1ccnn1CC(=O)N1CCCC(c2nccn2Cc2ccccc2)C1. The summed E-state index contributed by atoms with van der Waals surface area (Å²) in [6.45, 7) is 4.64. The summed E-state index contributed by atoms with van der Waals surface area (Å²) in [5.74, 6) is 1.49. The number of piperidine rings is 1. The molecule has 140 valence electrons. The molecule has 0 spiro atoms. The minimum absolute atomic E-state index is 0.132. The first-order chi connectivity index (χ1) is 13.2. The number of aromatic nitrogens is 4. The molecule has 1 atom stereocenters. The third kappa shape index (κ3) is 3.94. The Balaban J connectivity index is 1.45. The maximum atomic E-state index is 12.7. The van der Waals surface area contributed by atoms with Crippen molar-refractivity contribution >= 4 is 5.91 Å². The molecule has 0 radical (unpaired) electrons. The summed E-state index contributed by atoms with van der Waals surface area (Å²) < 4.78 is 3.98. The van der Waals surface area contributed by atoms with Gasteiger partial charge in [-0.15, -0.1) is 0 Å². The molecule has 1 aliphatic heterocycles. The molecule has 27 heavy (non-hydrogen) atoms. The van der Waals surface area contributed by atoms with Crippen molar-refractivity contribution in [2.24, 2.45) is 0 Å². The van der Waals surface area contributed by atoms with Crippen molar-refractivity contribution in [3.05, 3.63) is 72.1 Å². The average molecular weight is 363 g/mol. The van der Waals surface area contributed by atoms with Crippen LogP contribution in [0.15, 0.2) is 55.0 Å². The van der Waals surface area contributed by atoms with Crippen molar-refractivity contribution < 1.29 is 4.79 Å². The normalized spacial score (nSPS) is 17.2. The molecule has 1 saturated heterocycles. The lowest BCUT2D eigenvalue weighted by Crippen LogP contribution is -2.41. The highest BCUT2D eigenvalue weighted by molar-refractivity contribution is 5.76. The summed E-state index contributed by atoms with van der Waals surface area (Å²) in [7, 11) is 0. The van der Waals surface area contributed by atoms with Gasteiger partial charge >= 0.3 is 0 Å². The predicted molar refractivity (Wildman–Crippen MR) is 103 cm³/mol. The molecule has 3 heterocycles. The molecule has 0 aliphatic carbocycles. The highest BCUT2D eigenvalue weighted by Gasteiger charge is 2.27. The van der Waals surface area contributed by atoms with E-state index in [1.165, 1.54) is 5.56 Å². The first kappa shape index (κ1) is 17.5. The number of amides is 1. The van der Waals surface area contributed by atoms with Crippen LogP contribution in [0.3, 0.4) is 0 Å². The van der Waals surface area contributed by atoms with E-state index in [2.05, 4.69) is 38.9 Å². The second kappa shape index (κ2) is 7.78. The van der Waals surface area contributed by atoms with Crippen LogP contribution in [0.2, 0.25) is 0 Å². The first-order valence-electron chi connectivity index (χ1n) is 9.52. The van der Waals surface area contributed by atoms with Crippen molar-refractivity contribution in [3.8, 4) is 0 Å². The van der Waals surface area contributed by atoms with Crippen molar-refractivity contribution in [3.63, 3.8) is 0 Å². The number of carbonyl (C=O) groups is 1. The number of benzene rings is 1. The van der Waals surface area contributed by atoms with Crippen LogP contribution in [-0.4, -0.2) is 43.2 Å². The van der Waals surface area contributed by atoms with Gasteiger partial charge in [-0.25, -0.2) is 4.98 Å². The van der Waals surface area contributed by atoms with E-state index in [0.717, 1.165) is 44.0 Å². The fourth-order valence-electron chi connectivity index (χ4n) is 3.80. The highest BCUT2D eigenvalue weighted by atomic mass is 16.2. The van der Waals surface area contributed by atoms with E-state index < -0.39 is 0 Å². The molecule has 0 N–H and O–H groups in total. The maximum absolute atomic E-state index is 12.7. The molecular weight excluding hydrogens is 338 g/mol. The summed E-state index contributed by atoms with van der Waals surface area (Å²) in [4.78, 5) is 19.3. The smallest absolute Gasteiger partial charge is 0.244 e. The Labute approximate surface area is 159 Å². The molecule has 1 aromatic carbocycles. The molecule has 1 fully saturated rings. The summed E-state index contributed by atoms with van der Waals surface area (Å²) >= 11 is 0. The molecule has 6 heteroatoms. The van der Waals surface area contributed by atoms with Crippen LogP contribution < -0.4 is 0 Å². The largest absolute Gasteiger partial charge is 0.340 e. The fourth-order valence-corrected chi connectivity index (χ4v) is 3.80. The van der Waals surface area contributed by atoms with E-state index in [1.54, 1.807) is 10.9 Å².